The fourth-order valence-electron chi connectivity index (χ4n) is 1.46. The summed E-state index contributed by atoms with van der Waals surface area (Å²) in [6.45, 7) is 1.66. The lowest BCUT2D eigenvalue weighted by Gasteiger charge is -2.18. The molecule has 0 unspecified atom stereocenters. The Hall–Kier alpha value is -0.390. The van der Waals surface area contributed by atoms with Crippen LogP contribution in [-0.4, -0.2) is 38.0 Å². The molecule has 1 N–H and O–H groups in total. The molecule has 0 aliphatic heterocycles. The molecule has 1 aromatic rings. The Morgan fingerprint density at radius 1 is 1.41 bits per heavy atom. The molecule has 17 heavy (non-hydrogen) atoms. The number of carbonyl (C=O) groups excluding carboxylic acids is 1. The molecule has 1 rings (SSSR count). The minimum atomic E-state index is 0.0364. The summed E-state index contributed by atoms with van der Waals surface area (Å²) in [5, 5.41) is 3.07. The van der Waals surface area contributed by atoms with Gasteiger partial charge in [-0.05, 0) is 54.1 Å². The van der Waals surface area contributed by atoms with E-state index in [0.29, 0.717) is 5.56 Å². The normalized spacial score (nSPS) is 10.4. The number of amides is 1. The number of hydrogen-bond donors (Lipinski definition) is 1. The second-order valence-corrected chi connectivity index (χ2v) is 5.58. The number of benzene rings is 1. The molecule has 0 spiro atoms. The van der Waals surface area contributed by atoms with Gasteiger partial charge in [-0.1, -0.05) is 15.9 Å². The molecule has 0 bridgehead atoms. The van der Waals surface area contributed by atoms with E-state index in [2.05, 4.69) is 37.2 Å². The van der Waals surface area contributed by atoms with Gasteiger partial charge in [0.2, 0.25) is 0 Å². The van der Waals surface area contributed by atoms with Crippen molar-refractivity contribution in [2.45, 2.75) is 6.42 Å². The SMILES string of the molecule is CNCCCN(C)C(=O)c1cc(Br)ccc1Br. The third-order valence-electron chi connectivity index (χ3n) is 2.43. The van der Waals surface area contributed by atoms with Gasteiger partial charge >= 0.3 is 0 Å². The summed E-state index contributed by atoms with van der Waals surface area (Å²) in [4.78, 5) is 13.9. The standard InChI is InChI=1S/C12H16Br2N2O/c1-15-6-3-7-16(2)12(17)10-8-9(13)4-5-11(10)14/h4-5,8,15H,3,6-7H2,1-2H3. The second-order valence-electron chi connectivity index (χ2n) is 3.81. The summed E-state index contributed by atoms with van der Waals surface area (Å²) in [5.74, 6) is 0.0364. The van der Waals surface area contributed by atoms with Crippen LogP contribution in [0.5, 0.6) is 0 Å². The zero-order chi connectivity index (χ0) is 12.8. The summed E-state index contributed by atoms with van der Waals surface area (Å²) >= 11 is 6.78. The van der Waals surface area contributed by atoms with Gasteiger partial charge in [-0.25, -0.2) is 0 Å². The molecule has 0 atom stereocenters. The van der Waals surface area contributed by atoms with Crippen molar-refractivity contribution in [1.82, 2.24) is 10.2 Å². The molecule has 0 heterocycles. The minimum Gasteiger partial charge on any atom is -0.342 e. The van der Waals surface area contributed by atoms with Crippen molar-refractivity contribution >= 4 is 37.8 Å². The first-order chi connectivity index (χ1) is 8.06. The lowest BCUT2D eigenvalue weighted by Crippen LogP contribution is -2.29. The average molecular weight is 364 g/mol. The average Bonchev–Trinajstić information content (AvgIpc) is 2.31. The number of rotatable bonds is 5. The number of halogens is 2. The topological polar surface area (TPSA) is 32.3 Å². The van der Waals surface area contributed by atoms with Crippen LogP contribution in [-0.2, 0) is 0 Å². The molecule has 0 aliphatic carbocycles. The van der Waals surface area contributed by atoms with Crippen molar-refractivity contribution in [3.63, 3.8) is 0 Å². The van der Waals surface area contributed by atoms with Crippen LogP contribution in [0, 0.1) is 0 Å². The van der Waals surface area contributed by atoms with Gasteiger partial charge in [-0.2, -0.15) is 0 Å². The van der Waals surface area contributed by atoms with E-state index < -0.39 is 0 Å². The van der Waals surface area contributed by atoms with E-state index in [1.165, 1.54) is 0 Å². The van der Waals surface area contributed by atoms with Gasteiger partial charge in [-0.15, -0.1) is 0 Å². The Balaban J connectivity index is 2.71. The van der Waals surface area contributed by atoms with Gasteiger partial charge in [0.25, 0.3) is 5.91 Å². The third kappa shape index (κ3) is 4.41. The van der Waals surface area contributed by atoms with Crippen LogP contribution >= 0.6 is 31.9 Å². The zero-order valence-corrected chi connectivity index (χ0v) is 13.1. The zero-order valence-electron chi connectivity index (χ0n) is 9.96. The monoisotopic (exact) mass is 362 g/mol. The summed E-state index contributed by atoms with van der Waals surface area (Å²) in [6, 6.07) is 5.61. The highest BCUT2D eigenvalue weighted by Gasteiger charge is 2.14. The molecule has 3 nitrogen and oxygen atoms in total. The number of nitrogens with zero attached hydrogens (tertiary/aromatic N) is 1. The summed E-state index contributed by atoms with van der Waals surface area (Å²) < 4.78 is 1.74. The van der Waals surface area contributed by atoms with Crippen molar-refractivity contribution in [3.8, 4) is 0 Å². The molecule has 0 aliphatic rings. The second kappa shape index (κ2) is 7.13. The quantitative estimate of drug-likeness (QED) is 0.816. The molecule has 1 amide bonds. The summed E-state index contributed by atoms with van der Waals surface area (Å²) in [6.07, 6.45) is 0.949. The van der Waals surface area contributed by atoms with Crippen LogP contribution in [0.3, 0.4) is 0 Å². The Bertz CT molecular complexity index is 396. The van der Waals surface area contributed by atoms with E-state index in [1.807, 2.05) is 32.3 Å². The van der Waals surface area contributed by atoms with Gasteiger partial charge in [-0.3, -0.25) is 4.79 Å². The predicted octanol–water partition coefficient (Wildman–Crippen LogP) is 2.89. The van der Waals surface area contributed by atoms with E-state index in [9.17, 15) is 4.79 Å². The van der Waals surface area contributed by atoms with Gasteiger partial charge in [0.15, 0.2) is 0 Å². The first kappa shape index (κ1) is 14.7. The first-order valence-corrected chi connectivity index (χ1v) is 7.00. The van der Waals surface area contributed by atoms with E-state index in [-0.39, 0.29) is 5.91 Å². The number of carbonyl (C=O) groups is 1. The minimum absolute atomic E-state index is 0.0364. The lowest BCUT2D eigenvalue weighted by atomic mass is 10.2. The Morgan fingerprint density at radius 3 is 2.76 bits per heavy atom. The Labute approximate surface area is 119 Å². The molecule has 0 saturated heterocycles. The Morgan fingerprint density at radius 2 is 2.12 bits per heavy atom. The van der Waals surface area contributed by atoms with E-state index in [4.69, 9.17) is 0 Å². The van der Waals surface area contributed by atoms with Crippen molar-refractivity contribution in [2.75, 3.05) is 27.2 Å². The maximum atomic E-state index is 12.2. The maximum absolute atomic E-state index is 12.2. The van der Waals surface area contributed by atoms with Crippen molar-refractivity contribution in [3.05, 3.63) is 32.7 Å². The highest BCUT2D eigenvalue weighted by atomic mass is 79.9. The third-order valence-corrected chi connectivity index (χ3v) is 3.61. The van der Waals surface area contributed by atoms with Gasteiger partial charge < -0.3 is 10.2 Å². The summed E-state index contributed by atoms with van der Waals surface area (Å²) in [5.41, 5.74) is 0.686. The van der Waals surface area contributed by atoms with Crippen LogP contribution in [0.2, 0.25) is 0 Å². The molecular formula is C12H16Br2N2O. The largest absolute Gasteiger partial charge is 0.342 e. The molecule has 0 saturated carbocycles. The molecule has 5 heteroatoms. The van der Waals surface area contributed by atoms with Gasteiger partial charge in [0.05, 0.1) is 5.56 Å². The van der Waals surface area contributed by atoms with Crippen LogP contribution < -0.4 is 5.32 Å². The van der Waals surface area contributed by atoms with Crippen LogP contribution in [0.1, 0.15) is 16.8 Å². The maximum Gasteiger partial charge on any atom is 0.254 e. The first-order valence-electron chi connectivity index (χ1n) is 5.41. The van der Waals surface area contributed by atoms with Crippen molar-refractivity contribution in [1.29, 1.82) is 0 Å². The molecule has 1 aromatic carbocycles. The fourth-order valence-corrected chi connectivity index (χ4v) is 2.24. The highest BCUT2D eigenvalue weighted by molar-refractivity contribution is 9.11. The molecular weight excluding hydrogens is 348 g/mol. The van der Waals surface area contributed by atoms with Crippen LogP contribution in [0.4, 0.5) is 0 Å². The van der Waals surface area contributed by atoms with Gasteiger partial charge in [0.1, 0.15) is 0 Å². The smallest absolute Gasteiger partial charge is 0.254 e. The highest BCUT2D eigenvalue weighted by Crippen LogP contribution is 2.22. The molecule has 0 fully saturated rings. The van der Waals surface area contributed by atoms with Crippen molar-refractivity contribution in [2.24, 2.45) is 0 Å². The van der Waals surface area contributed by atoms with Crippen LogP contribution in [0.15, 0.2) is 27.1 Å². The number of hydrogen-bond acceptors (Lipinski definition) is 2. The fraction of sp³-hybridized carbons (Fsp3) is 0.417. The molecule has 0 radical (unpaired) electrons. The van der Waals surface area contributed by atoms with E-state index >= 15 is 0 Å². The van der Waals surface area contributed by atoms with E-state index in [1.54, 1.807) is 4.90 Å². The Kier molecular flexibility index (Phi) is 6.16. The van der Waals surface area contributed by atoms with E-state index in [0.717, 1.165) is 28.5 Å². The van der Waals surface area contributed by atoms with Gasteiger partial charge in [0, 0.05) is 22.5 Å². The summed E-state index contributed by atoms with van der Waals surface area (Å²) in [7, 11) is 3.73. The van der Waals surface area contributed by atoms with Crippen LogP contribution in [0.25, 0.3) is 0 Å². The van der Waals surface area contributed by atoms with Crippen molar-refractivity contribution < 1.29 is 4.79 Å². The molecule has 94 valence electrons. The number of nitrogens with one attached hydrogen (secondary N) is 1. The predicted molar refractivity (Wildman–Crippen MR) is 77.3 cm³/mol. The molecule has 0 aromatic heterocycles. The lowest BCUT2D eigenvalue weighted by molar-refractivity contribution is 0.0793.